The van der Waals surface area contributed by atoms with Crippen LogP contribution in [-0.4, -0.2) is 41.7 Å². The van der Waals surface area contributed by atoms with E-state index in [1.54, 1.807) is 6.92 Å². The molecule has 4 rings (SSSR count). The molecular formula is C20H17ClFN5O4S. The van der Waals surface area contributed by atoms with Crippen LogP contribution in [0.15, 0.2) is 38.8 Å². The largest absolute Gasteiger partial charge is 0.332 e. The molecule has 2 aromatic heterocycles. The zero-order valence-corrected chi connectivity index (χ0v) is 18.4. The fourth-order valence-corrected chi connectivity index (χ4v) is 4.45. The number of benzene rings is 1. The molecule has 0 saturated carbocycles. The molecule has 0 radical (unpaired) electrons. The fraction of sp³-hybridized carbons (Fsp3) is 0.250. The second-order valence-electron chi connectivity index (χ2n) is 6.95. The first kappa shape index (κ1) is 22.0. The molecule has 1 aliphatic rings. The van der Waals surface area contributed by atoms with Crippen molar-refractivity contribution >= 4 is 51.7 Å². The molecule has 1 aromatic carbocycles. The van der Waals surface area contributed by atoms with Crippen LogP contribution >= 0.6 is 23.4 Å². The van der Waals surface area contributed by atoms with Gasteiger partial charge in [0.05, 0.1) is 4.91 Å². The number of fused-ring (bicyclic) bond motifs is 1. The van der Waals surface area contributed by atoms with E-state index >= 15 is 0 Å². The summed E-state index contributed by atoms with van der Waals surface area (Å²) in [6.45, 7) is 2.06. The van der Waals surface area contributed by atoms with Gasteiger partial charge >= 0.3 is 5.69 Å². The third-order valence-corrected chi connectivity index (χ3v) is 6.04. The summed E-state index contributed by atoms with van der Waals surface area (Å²) in [6.07, 6.45) is 1.72. The van der Waals surface area contributed by atoms with Gasteiger partial charge in [-0.2, -0.15) is 4.98 Å². The molecule has 3 aromatic rings. The molecule has 1 saturated heterocycles. The molecule has 0 aliphatic carbocycles. The van der Waals surface area contributed by atoms with Gasteiger partial charge in [0.25, 0.3) is 16.7 Å². The third-order valence-electron chi connectivity index (χ3n) is 4.95. The lowest BCUT2D eigenvalue weighted by Gasteiger charge is -2.13. The molecule has 9 nitrogen and oxygen atoms in total. The Kier molecular flexibility index (Phi) is 6.02. The average Bonchev–Trinajstić information content (AvgIpc) is 3.27. The lowest BCUT2D eigenvalue weighted by molar-refractivity contribution is -0.122. The average molecular weight is 478 g/mol. The van der Waals surface area contributed by atoms with Gasteiger partial charge in [-0.3, -0.25) is 28.4 Å². The number of aromatic amines is 1. The van der Waals surface area contributed by atoms with Crippen molar-refractivity contribution in [2.45, 2.75) is 26.4 Å². The molecule has 12 heteroatoms. The first-order valence-corrected chi connectivity index (χ1v) is 10.9. The van der Waals surface area contributed by atoms with Crippen molar-refractivity contribution in [3.63, 3.8) is 0 Å². The van der Waals surface area contributed by atoms with Crippen LogP contribution in [0.3, 0.4) is 0 Å². The van der Waals surface area contributed by atoms with Gasteiger partial charge in [-0.15, -0.1) is 0 Å². The number of imide groups is 1. The van der Waals surface area contributed by atoms with E-state index in [9.17, 15) is 23.6 Å². The SMILES string of the molecule is CCn1c(=O)n(CCCN2C(=O)S/C(=C\c3ccc(F)cc3)C2=O)c(=O)c2[nH]c(Cl)nc21. The maximum atomic E-state index is 13.1. The molecule has 3 heterocycles. The summed E-state index contributed by atoms with van der Waals surface area (Å²) >= 11 is 6.64. The number of amides is 2. The van der Waals surface area contributed by atoms with Crippen molar-refractivity contribution in [1.82, 2.24) is 24.0 Å². The number of rotatable bonds is 6. The van der Waals surface area contributed by atoms with Crippen molar-refractivity contribution in [1.29, 1.82) is 0 Å². The molecule has 0 spiro atoms. The Morgan fingerprint density at radius 3 is 2.53 bits per heavy atom. The van der Waals surface area contributed by atoms with E-state index in [1.807, 2.05) is 0 Å². The van der Waals surface area contributed by atoms with E-state index in [0.717, 1.165) is 21.2 Å². The topological polar surface area (TPSA) is 110 Å². The molecule has 2 amide bonds. The van der Waals surface area contributed by atoms with E-state index in [1.165, 1.54) is 34.9 Å². The minimum absolute atomic E-state index is 0.00204. The number of carbonyl (C=O) groups excluding carboxylic acids is 2. The second-order valence-corrected chi connectivity index (χ2v) is 8.30. The molecule has 1 fully saturated rings. The number of hydrogen-bond acceptors (Lipinski definition) is 6. The van der Waals surface area contributed by atoms with Crippen LogP contribution in [0.1, 0.15) is 18.9 Å². The minimum atomic E-state index is -0.570. The highest BCUT2D eigenvalue weighted by Crippen LogP contribution is 2.32. The number of nitrogens with one attached hydrogen (secondary N) is 1. The van der Waals surface area contributed by atoms with Crippen LogP contribution in [0.25, 0.3) is 17.2 Å². The summed E-state index contributed by atoms with van der Waals surface area (Å²) in [5.74, 6) is -0.873. The van der Waals surface area contributed by atoms with Gasteiger partial charge in [0.1, 0.15) is 5.82 Å². The van der Waals surface area contributed by atoms with Crippen molar-refractivity contribution in [3.8, 4) is 0 Å². The summed E-state index contributed by atoms with van der Waals surface area (Å²) in [6, 6.07) is 5.54. The number of H-pyrrole nitrogens is 1. The number of hydrogen-bond donors (Lipinski definition) is 1. The van der Waals surface area contributed by atoms with Crippen molar-refractivity contribution in [2.24, 2.45) is 0 Å². The minimum Gasteiger partial charge on any atom is -0.323 e. The van der Waals surface area contributed by atoms with Crippen molar-refractivity contribution < 1.29 is 14.0 Å². The van der Waals surface area contributed by atoms with E-state index in [2.05, 4.69) is 9.97 Å². The smallest absolute Gasteiger partial charge is 0.323 e. The van der Waals surface area contributed by atoms with Crippen molar-refractivity contribution in [3.05, 3.63) is 66.7 Å². The Labute approximate surface area is 189 Å². The number of aryl methyl sites for hydroxylation is 1. The fourth-order valence-electron chi connectivity index (χ4n) is 3.41. The Morgan fingerprint density at radius 2 is 1.84 bits per heavy atom. The van der Waals surface area contributed by atoms with E-state index in [4.69, 9.17) is 11.6 Å². The zero-order valence-electron chi connectivity index (χ0n) is 16.8. The van der Waals surface area contributed by atoms with Crippen LogP contribution < -0.4 is 11.2 Å². The van der Waals surface area contributed by atoms with Crippen LogP contribution in [-0.2, 0) is 17.9 Å². The highest BCUT2D eigenvalue weighted by atomic mass is 35.5. The van der Waals surface area contributed by atoms with Gasteiger partial charge in [0, 0.05) is 19.6 Å². The predicted octanol–water partition coefficient (Wildman–Crippen LogP) is 2.83. The molecule has 1 aliphatic heterocycles. The molecule has 166 valence electrons. The second kappa shape index (κ2) is 8.75. The Balaban J connectivity index is 1.51. The predicted molar refractivity (Wildman–Crippen MR) is 119 cm³/mol. The number of imidazole rings is 1. The lowest BCUT2D eigenvalue weighted by atomic mass is 10.2. The summed E-state index contributed by atoms with van der Waals surface area (Å²) < 4.78 is 15.4. The number of halogens is 2. The highest BCUT2D eigenvalue weighted by Gasteiger charge is 2.34. The standard InChI is InChI=1S/C20H17ClFN5O4S/c1-2-25-15-14(23-18(21)24-15)17(29)26(19(25)30)8-3-9-27-16(28)13(32-20(27)31)10-11-4-6-12(22)7-5-11/h4-7,10H,2-3,8-9H2,1H3,(H,23,24)/b13-10-. The monoisotopic (exact) mass is 477 g/mol. The molecule has 1 N–H and O–H groups in total. The van der Waals surface area contributed by atoms with Gasteiger partial charge < -0.3 is 4.98 Å². The summed E-state index contributed by atoms with van der Waals surface area (Å²) in [7, 11) is 0. The Bertz CT molecular complexity index is 1380. The van der Waals surface area contributed by atoms with Crippen LogP contribution in [0.4, 0.5) is 9.18 Å². The number of nitrogens with zero attached hydrogens (tertiary/aromatic N) is 4. The molecule has 32 heavy (non-hydrogen) atoms. The lowest BCUT2D eigenvalue weighted by Crippen LogP contribution is -2.41. The quantitative estimate of drug-likeness (QED) is 0.432. The number of thioether (sulfide) groups is 1. The molecule has 0 atom stereocenters. The van der Waals surface area contributed by atoms with Crippen LogP contribution in [0, 0.1) is 5.82 Å². The maximum absolute atomic E-state index is 13.1. The molecule has 0 bridgehead atoms. The number of aromatic nitrogens is 4. The molecular weight excluding hydrogens is 461 g/mol. The molecule has 0 unspecified atom stereocenters. The van der Waals surface area contributed by atoms with Gasteiger partial charge in [0.2, 0.25) is 5.28 Å². The van der Waals surface area contributed by atoms with Gasteiger partial charge in [-0.05, 0) is 60.5 Å². The van der Waals surface area contributed by atoms with Crippen LogP contribution in [0.2, 0.25) is 5.28 Å². The van der Waals surface area contributed by atoms with E-state index in [-0.39, 0.29) is 47.4 Å². The van der Waals surface area contributed by atoms with Gasteiger partial charge in [-0.1, -0.05) is 12.1 Å². The number of carbonyl (C=O) groups is 2. The van der Waals surface area contributed by atoms with Crippen molar-refractivity contribution in [2.75, 3.05) is 6.54 Å². The first-order chi connectivity index (χ1) is 15.3. The first-order valence-electron chi connectivity index (χ1n) is 9.70. The maximum Gasteiger partial charge on any atom is 0.332 e. The third kappa shape index (κ3) is 4.00. The normalized spacial score (nSPS) is 15.5. The van der Waals surface area contributed by atoms with E-state index in [0.29, 0.717) is 5.56 Å². The summed E-state index contributed by atoms with van der Waals surface area (Å²) in [5, 5.41) is -0.445. The zero-order chi connectivity index (χ0) is 23.0. The highest BCUT2D eigenvalue weighted by molar-refractivity contribution is 8.18. The van der Waals surface area contributed by atoms with Crippen LogP contribution in [0.5, 0.6) is 0 Å². The Hall–Kier alpha value is -3.18. The Morgan fingerprint density at radius 1 is 1.12 bits per heavy atom. The summed E-state index contributed by atoms with van der Waals surface area (Å²) in [4.78, 5) is 58.3. The van der Waals surface area contributed by atoms with E-state index < -0.39 is 28.2 Å². The van der Waals surface area contributed by atoms with Gasteiger partial charge in [-0.25, -0.2) is 9.18 Å². The van der Waals surface area contributed by atoms with Gasteiger partial charge in [0.15, 0.2) is 11.2 Å². The summed E-state index contributed by atoms with van der Waals surface area (Å²) in [5.41, 5.74) is -0.224.